The van der Waals surface area contributed by atoms with Gasteiger partial charge in [-0.25, -0.2) is 0 Å². The summed E-state index contributed by atoms with van der Waals surface area (Å²) >= 11 is 15.2. The summed E-state index contributed by atoms with van der Waals surface area (Å²) in [5.41, 5.74) is 2.62. The lowest BCUT2D eigenvalue weighted by Gasteiger charge is -2.10. The molecule has 0 spiro atoms. The lowest BCUT2D eigenvalue weighted by molar-refractivity contribution is -0.114. The first-order chi connectivity index (χ1) is 9.95. The fourth-order valence-corrected chi connectivity index (χ4v) is 2.65. The topological polar surface area (TPSA) is 41.1 Å². The smallest absolute Gasteiger partial charge is 0.243 e. The van der Waals surface area contributed by atoms with Crippen molar-refractivity contribution in [3.8, 4) is 0 Å². The molecule has 0 unspecified atom stereocenters. The first kappa shape index (κ1) is 16.1. The van der Waals surface area contributed by atoms with Crippen LogP contribution >= 0.6 is 39.1 Å². The minimum atomic E-state index is -0.166. The minimum absolute atomic E-state index is 0.155. The van der Waals surface area contributed by atoms with E-state index < -0.39 is 0 Å². The predicted molar refractivity (Wildman–Crippen MR) is 92.5 cm³/mol. The molecule has 2 aromatic rings. The Morgan fingerprint density at radius 2 is 1.90 bits per heavy atom. The van der Waals surface area contributed by atoms with E-state index in [0.29, 0.717) is 15.7 Å². The monoisotopic (exact) mass is 386 g/mol. The van der Waals surface area contributed by atoms with Crippen molar-refractivity contribution in [2.75, 3.05) is 17.2 Å². The zero-order valence-corrected chi connectivity index (χ0v) is 14.3. The van der Waals surface area contributed by atoms with Crippen LogP contribution in [0.3, 0.4) is 0 Å². The third-order valence-electron chi connectivity index (χ3n) is 2.77. The van der Waals surface area contributed by atoms with Crippen molar-refractivity contribution < 1.29 is 4.79 Å². The van der Waals surface area contributed by atoms with Crippen LogP contribution in [0.25, 0.3) is 0 Å². The molecule has 0 saturated carbocycles. The molecule has 21 heavy (non-hydrogen) atoms. The van der Waals surface area contributed by atoms with Crippen LogP contribution in [-0.4, -0.2) is 12.5 Å². The van der Waals surface area contributed by atoms with Crippen molar-refractivity contribution in [2.24, 2.45) is 0 Å². The number of hydrogen-bond acceptors (Lipinski definition) is 2. The molecule has 3 nitrogen and oxygen atoms in total. The van der Waals surface area contributed by atoms with E-state index >= 15 is 0 Å². The van der Waals surface area contributed by atoms with E-state index in [1.54, 1.807) is 18.2 Å². The van der Waals surface area contributed by atoms with Gasteiger partial charge in [0.1, 0.15) is 0 Å². The van der Waals surface area contributed by atoms with Crippen LogP contribution in [0.15, 0.2) is 40.9 Å². The molecule has 1 amide bonds. The molecule has 110 valence electrons. The lowest BCUT2D eigenvalue weighted by Crippen LogP contribution is -2.21. The molecule has 0 bridgehead atoms. The van der Waals surface area contributed by atoms with Crippen LogP contribution in [0.5, 0.6) is 0 Å². The van der Waals surface area contributed by atoms with Crippen LogP contribution < -0.4 is 10.6 Å². The van der Waals surface area contributed by atoms with Gasteiger partial charge in [0, 0.05) is 15.8 Å². The number of rotatable bonds is 4. The fourth-order valence-electron chi connectivity index (χ4n) is 1.72. The van der Waals surface area contributed by atoms with Gasteiger partial charge >= 0.3 is 0 Å². The number of anilines is 2. The summed E-state index contributed by atoms with van der Waals surface area (Å²) in [6.07, 6.45) is 0. The molecule has 0 saturated heterocycles. The van der Waals surface area contributed by atoms with E-state index in [2.05, 4.69) is 26.6 Å². The summed E-state index contributed by atoms with van der Waals surface area (Å²) in [4.78, 5) is 11.9. The number of benzene rings is 2. The van der Waals surface area contributed by atoms with Crippen LogP contribution in [0, 0.1) is 6.92 Å². The van der Waals surface area contributed by atoms with Gasteiger partial charge in [-0.15, -0.1) is 0 Å². The largest absolute Gasteiger partial charge is 0.375 e. The third-order valence-corrected chi connectivity index (χ3v) is 4.16. The zero-order chi connectivity index (χ0) is 15.4. The van der Waals surface area contributed by atoms with Crippen LogP contribution in [0.4, 0.5) is 11.4 Å². The number of halogens is 3. The standard InChI is InChI=1S/C15H13BrCl2N2O/c1-9-2-5-14(11(16)6-9)19-8-15(21)20-10-3-4-12(17)13(18)7-10/h2-7,19H,8H2,1H3,(H,20,21). The highest BCUT2D eigenvalue weighted by Gasteiger charge is 2.06. The Morgan fingerprint density at radius 3 is 2.57 bits per heavy atom. The van der Waals surface area contributed by atoms with Gasteiger partial charge in [0.2, 0.25) is 5.91 Å². The second-order valence-corrected chi connectivity index (χ2v) is 6.18. The number of nitrogens with one attached hydrogen (secondary N) is 2. The maximum absolute atomic E-state index is 11.9. The van der Waals surface area contributed by atoms with Crippen LogP contribution in [0.1, 0.15) is 5.56 Å². The van der Waals surface area contributed by atoms with Crippen molar-refractivity contribution in [2.45, 2.75) is 6.92 Å². The highest BCUT2D eigenvalue weighted by molar-refractivity contribution is 9.10. The molecular weight excluding hydrogens is 375 g/mol. The molecule has 2 N–H and O–H groups in total. The first-order valence-electron chi connectivity index (χ1n) is 6.20. The Balaban J connectivity index is 1.94. The number of amides is 1. The van der Waals surface area contributed by atoms with Gasteiger partial charge in [-0.1, -0.05) is 29.3 Å². The quantitative estimate of drug-likeness (QED) is 0.764. The molecule has 2 rings (SSSR count). The molecule has 2 aromatic carbocycles. The molecule has 0 aromatic heterocycles. The molecule has 0 aliphatic carbocycles. The van der Waals surface area contributed by atoms with Crippen LogP contribution in [0.2, 0.25) is 10.0 Å². The summed E-state index contributed by atoms with van der Waals surface area (Å²) in [6, 6.07) is 10.8. The van der Waals surface area contributed by atoms with Gasteiger partial charge in [0.15, 0.2) is 0 Å². The van der Waals surface area contributed by atoms with E-state index in [0.717, 1.165) is 15.7 Å². The van der Waals surface area contributed by atoms with Crippen molar-refractivity contribution in [1.29, 1.82) is 0 Å². The predicted octanol–water partition coefficient (Wildman–Crippen LogP) is 5.11. The first-order valence-corrected chi connectivity index (χ1v) is 7.75. The summed E-state index contributed by atoms with van der Waals surface area (Å²) in [6.45, 7) is 2.16. The van der Waals surface area contributed by atoms with E-state index in [9.17, 15) is 4.79 Å². The average molecular weight is 388 g/mol. The highest BCUT2D eigenvalue weighted by Crippen LogP contribution is 2.25. The molecule has 0 fully saturated rings. The number of aryl methyl sites for hydroxylation is 1. The molecule has 0 aliphatic heterocycles. The number of carbonyl (C=O) groups excluding carboxylic acids is 1. The summed E-state index contributed by atoms with van der Waals surface area (Å²) in [5, 5.41) is 6.68. The summed E-state index contributed by atoms with van der Waals surface area (Å²) in [7, 11) is 0. The lowest BCUT2D eigenvalue weighted by atomic mass is 10.2. The Kier molecular flexibility index (Phi) is 5.51. The van der Waals surface area contributed by atoms with E-state index in [1.807, 2.05) is 25.1 Å². The van der Waals surface area contributed by atoms with E-state index in [1.165, 1.54) is 0 Å². The molecule has 0 aliphatic rings. The van der Waals surface area contributed by atoms with E-state index in [-0.39, 0.29) is 12.5 Å². The molecular formula is C15H13BrCl2N2O. The Labute approximate surface area is 141 Å². The number of carbonyl (C=O) groups is 1. The summed E-state index contributed by atoms with van der Waals surface area (Å²) in [5.74, 6) is -0.166. The maximum atomic E-state index is 11.9. The zero-order valence-electron chi connectivity index (χ0n) is 11.2. The average Bonchev–Trinajstić information content (AvgIpc) is 2.42. The maximum Gasteiger partial charge on any atom is 0.243 e. The Hall–Kier alpha value is -1.23. The van der Waals surface area contributed by atoms with Gasteiger partial charge in [0.25, 0.3) is 0 Å². The molecule has 0 heterocycles. The highest BCUT2D eigenvalue weighted by atomic mass is 79.9. The number of hydrogen-bond donors (Lipinski definition) is 2. The SMILES string of the molecule is Cc1ccc(NCC(=O)Nc2ccc(Cl)c(Cl)c2)c(Br)c1. The van der Waals surface area contributed by atoms with Gasteiger partial charge in [-0.3, -0.25) is 4.79 Å². The molecule has 0 atom stereocenters. The van der Waals surface area contributed by atoms with Gasteiger partial charge < -0.3 is 10.6 Å². The Bertz CT molecular complexity index is 677. The second-order valence-electron chi connectivity index (χ2n) is 4.51. The van der Waals surface area contributed by atoms with E-state index in [4.69, 9.17) is 23.2 Å². The van der Waals surface area contributed by atoms with Gasteiger partial charge in [-0.2, -0.15) is 0 Å². The van der Waals surface area contributed by atoms with Gasteiger partial charge in [0.05, 0.1) is 16.6 Å². The van der Waals surface area contributed by atoms with Crippen molar-refractivity contribution in [1.82, 2.24) is 0 Å². The normalized spacial score (nSPS) is 10.3. The van der Waals surface area contributed by atoms with Crippen molar-refractivity contribution in [3.63, 3.8) is 0 Å². The second kappa shape index (κ2) is 7.16. The molecule has 6 heteroatoms. The fraction of sp³-hybridized carbons (Fsp3) is 0.133. The van der Waals surface area contributed by atoms with Gasteiger partial charge in [-0.05, 0) is 58.7 Å². The third kappa shape index (κ3) is 4.63. The van der Waals surface area contributed by atoms with Crippen LogP contribution in [-0.2, 0) is 4.79 Å². The minimum Gasteiger partial charge on any atom is -0.375 e. The van der Waals surface area contributed by atoms with Crippen molar-refractivity contribution >= 4 is 56.4 Å². The molecule has 0 radical (unpaired) electrons. The summed E-state index contributed by atoms with van der Waals surface area (Å²) < 4.78 is 0.921. The van der Waals surface area contributed by atoms with Crippen molar-refractivity contribution in [3.05, 3.63) is 56.5 Å². The Morgan fingerprint density at radius 1 is 1.14 bits per heavy atom.